The molecular weight excluding hydrogens is 522 g/mol. The minimum Gasteiger partial charge on any atom is -0.496 e. The van der Waals surface area contributed by atoms with Crippen LogP contribution in [-0.2, 0) is 0 Å². The number of carbonyl (C=O) groups excluding carboxylic acids is 2. The number of aliphatic hydroxyl groups excluding tert-OH is 1. The number of aliphatic hydroxyl groups is 1. The van der Waals surface area contributed by atoms with Gasteiger partial charge in [-0.15, -0.1) is 0 Å². The number of piperazine rings is 1. The lowest BCUT2D eigenvalue weighted by Gasteiger charge is -2.47. The van der Waals surface area contributed by atoms with E-state index in [4.69, 9.17) is 27.2 Å². The number of hydrogen-bond donors (Lipinski definition) is 3. The number of rotatable bonds is 8. The molecule has 11 nitrogen and oxygen atoms in total. The van der Waals surface area contributed by atoms with Gasteiger partial charge in [-0.05, 0) is 43.9 Å². The number of amides is 2. The number of nitrogens with one attached hydrogen (secondary N) is 1. The molecule has 0 spiro atoms. The van der Waals surface area contributed by atoms with Crippen LogP contribution in [0.5, 0.6) is 5.75 Å². The summed E-state index contributed by atoms with van der Waals surface area (Å²) in [5, 5.41) is 11.6. The number of piperidine rings is 1. The Bertz CT molecular complexity index is 1190. The van der Waals surface area contributed by atoms with Gasteiger partial charge in [-0.1, -0.05) is 24.6 Å². The van der Waals surface area contributed by atoms with Crippen molar-refractivity contribution in [2.75, 3.05) is 63.6 Å². The quantitative estimate of drug-likeness (QED) is 0.443. The average Bonchev–Trinajstić information content (AvgIpc) is 2.96. The summed E-state index contributed by atoms with van der Waals surface area (Å²) in [5.74, 6) is 0.581. The average molecular weight is 560 g/mol. The van der Waals surface area contributed by atoms with E-state index in [1.165, 1.54) is 0 Å². The molecule has 39 heavy (non-hydrogen) atoms. The molecule has 2 fully saturated rings. The highest BCUT2D eigenvalue weighted by atomic mass is 35.5. The molecule has 4 rings (SSSR count). The highest BCUT2D eigenvalue weighted by Crippen LogP contribution is 2.30. The maximum absolute atomic E-state index is 13.2. The molecule has 2 aromatic rings. The number of ether oxygens (including phenoxy) is 1. The topological polar surface area (TPSA) is 137 Å². The van der Waals surface area contributed by atoms with E-state index in [0.717, 1.165) is 31.4 Å². The maximum Gasteiger partial charge on any atom is 0.273 e. The fraction of sp³-hybridized carbons (Fsp3) is 0.556. The summed E-state index contributed by atoms with van der Waals surface area (Å²) in [4.78, 5) is 40.7. The van der Waals surface area contributed by atoms with Crippen LogP contribution >= 0.6 is 11.6 Å². The molecule has 3 heterocycles. The molecule has 12 heteroatoms. The fourth-order valence-corrected chi connectivity index (χ4v) is 5.74. The number of methoxy groups -OCH3 is 1. The van der Waals surface area contributed by atoms with Crippen molar-refractivity contribution in [1.82, 2.24) is 25.1 Å². The van der Waals surface area contributed by atoms with Crippen LogP contribution in [0.1, 0.15) is 52.6 Å². The van der Waals surface area contributed by atoms with Gasteiger partial charge in [0, 0.05) is 51.4 Å². The van der Waals surface area contributed by atoms with Crippen LogP contribution < -0.4 is 20.7 Å². The second-order valence-electron chi connectivity index (χ2n) is 10.0. The molecular formula is C27H38ClN7O4. The first kappa shape index (κ1) is 28.8. The molecule has 2 amide bonds. The number of aryl methyl sites for hydroxylation is 1. The van der Waals surface area contributed by atoms with Crippen molar-refractivity contribution >= 4 is 35.1 Å². The number of aromatic nitrogens is 2. The lowest BCUT2D eigenvalue weighted by Crippen LogP contribution is -2.58. The zero-order chi connectivity index (χ0) is 28.1. The number of benzene rings is 1. The number of nitrogen functional groups attached to an aromatic ring is 1. The standard InChI is InChI=1S/C27H38ClN7O4/c1-4-18-16-34(25-23(28)31-22(24(29)32-25)26(37)30-9-14-36)12-13-35(18)19-7-10-33(11-8-19)27(38)20-6-5-17(2)15-21(20)39-3/h5-6,15,18-19,36H,4,7-14,16H2,1-3H3,(H2,29,32)(H,30,37)/t18-/m0/s1. The van der Waals surface area contributed by atoms with E-state index in [9.17, 15) is 9.59 Å². The van der Waals surface area contributed by atoms with Gasteiger partial charge >= 0.3 is 0 Å². The molecule has 2 aliphatic heterocycles. The van der Waals surface area contributed by atoms with Gasteiger partial charge in [-0.25, -0.2) is 9.97 Å². The summed E-state index contributed by atoms with van der Waals surface area (Å²) < 4.78 is 5.46. The van der Waals surface area contributed by atoms with E-state index in [1.54, 1.807) is 7.11 Å². The smallest absolute Gasteiger partial charge is 0.273 e. The predicted molar refractivity (Wildman–Crippen MR) is 151 cm³/mol. The van der Waals surface area contributed by atoms with Crippen molar-refractivity contribution in [3.05, 3.63) is 40.2 Å². The summed E-state index contributed by atoms with van der Waals surface area (Å²) in [5.41, 5.74) is 7.67. The van der Waals surface area contributed by atoms with Crippen LogP contribution in [0.4, 0.5) is 11.6 Å². The summed E-state index contributed by atoms with van der Waals surface area (Å²) >= 11 is 6.46. The molecule has 0 bridgehead atoms. The van der Waals surface area contributed by atoms with Gasteiger partial charge in [0.25, 0.3) is 11.8 Å². The third-order valence-electron chi connectivity index (χ3n) is 7.58. The molecule has 0 saturated carbocycles. The van der Waals surface area contributed by atoms with Crippen molar-refractivity contribution in [3.63, 3.8) is 0 Å². The lowest BCUT2D eigenvalue weighted by molar-refractivity contribution is 0.0488. The Hall–Kier alpha value is -3.15. The summed E-state index contributed by atoms with van der Waals surface area (Å²) in [6.07, 6.45) is 2.75. The normalized spacial score (nSPS) is 18.7. The highest BCUT2D eigenvalue weighted by molar-refractivity contribution is 6.32. The maximum atomic E-state index is 13.2. The molecule has 2 saturated heterocycles. The van der Waals surface area contributed by atoms with Gasteiger partial charge in [0.1, 0.15) is 5.75 Å². The third kappa shape index (κ3) is 6.37. The second-order valence-corrected chi connectivity index (χ2v) is 10.4. The van der Waals surface area contributed by atoms with Crippen LogP contribution in [-0.4, -0.2) is 102 Å². The van der Waals surface area contributed by atoms with E-state index in [-0.39, 0.29) is 41.8 Å². The molecule has 2 aliphatic rings. The Morgan fingerprint density at radius 3 is 2.62 bits per heavy atom. The zero-order valence-electron chi connectivity index (χ0n) is 22.8. The first-order valence-corrected chi connectivity index (χ1v) is 13.8. The van der Waals surface area contributed by atoms with E-state index < -0.39 is 5.91 Å². The van der Waals surface area contributed by atoms with Crippen molar-refractivity contribution < 1.29 is 19.4 Å². The van der Waals surface area contributed by atoms with Crippen LogP contribution in [0, 0.1) is 6.92 Å². The number of likely N-dealkylation sites (tertiary alicyclic amines) is 1. The number of nitrogens with zero attached hydrogens (tertiary/aromatic N) is 5. The molecule has 0 unspecified atom stereocenters. The van der Waals surface area contributed by atoms with E-state index in [2.05, 4.69) is 32.0 Å². The monoisotopic (exact) mass is 559 g/mol. The van der Waals surface area contributed by atoms with Gasteiger partial charge < -0.3 is 30.7 Å². The number of anilines is 2. The van der Waals surface area contributed by atoms with E-state index in [0.29, 0.717) is 49.4 Å². The van der Waals surface area contributed by atoms with Crippen molar-refractivity contribution in [2.45, 2.75) is 45.2 Å². The fourth-order valence-electron chi connectivity index (χ4n) is 5.49. The molecule has 0 radical (unpaired) electrons. The van der Waals surface area contributed by atoms with Crippen molar-refractivity contribution in [1.29, 1.82) is 0 Å². The highest BCUT2D eigenvalue weighted by Gasteiger charge is 2.35. The number of hydrogen-bond acceptors (Lipinski definition) is 9. The lowest BCUT2D eigenvalue weighted by atomic mass is 9.97. The predicted octanol–water partition coefficient (Wildman–Crippen LogP) is 1.96. The zero-order valence-corrected chi connectivity index (χ0v) is 23.6. The van der Waals surface area contributed by atoms with Gasteiger partial charge in [-0.2, -0.15) is 0 Å². The summed E-state index contributed by atoms with van der Waals surface area (Å²) in [7, 11) is 1.60. The van der Waals surface area contributed by atoms with Gasteiger partial charge in [0.2, 0.25) is 0 Å². The first-order valence-electron chi connectivity index (χ1n) is 13.4. The Balaban J connectivity index is 1.39. The molecule has 1 atom stereocenters. The van der Waals surface area contributed by atoms with Crippen LogP contribution in [0.3, 0.4) is 0 Å². The second kappa shape index (κ2) is 12.8. The molecule has 1 aromatic carbocycles. The number of nitrogens with two attached hydrogens (primary N) is 1. The molecule has 1 aromatic heterocycles. The Labute approximate surface area is 234 Å². The third-order valence-corrected chi connectivity index (χ3v) is 7.84. The Kier molecular flexibility index (Phi) is 9.47. The SMILES string of the molecule is CC[C@H]1CN(c2nc(N)c(C(=O)NCCO)nc2Cl)CCN1C1CCN(C(=O)c2ccc(C)cc2OC)CC1. The van der Waals surface area contributed by atoms with Gasteiger partial charge in [0.15, 0.2) is 22.5 Å². The van der Waals surface area contributed by atoms with Gasteiger partial charge in [0.05, 0.1) is 19.3 Å². The van der Waals surface area contributed by atoms with E-state index in [1.807, 2.05) is 30.0 Å². The molecule has 0 aliphatic carbocycles. The minimum absolute atomic E-state index is 0.00237. The molecule has 4 N–H and O–H groups in total. The number of carbonyl (C=O) groups is 2. The van der Waals surface area contributed by atoms with Crippen LogP contribution in [0.25, 0.3) is 0 Å². The Morgan fingerprint density at radius 2 is 1.95 bits per heavy atom. The van der Waals surface area contributed by atoms with Crippen LogP contribution in [0.2, 0.25) is 5.15 Å². The largest absolute Gasteiger partial charge is 0.496 e. The van der Waals surface area contributed by atoms with Crippen molar-refractivity contribution in [2.24, 2.45) is 0 Å². The Morgan fingerprint density at radius 1 is 1.21 bits per heavy atom. The summed E-state index contributed by atoms with van der Waals surface area (Å²) in [6, 6.07) is 6.34. The summed E-state index contributed by atoms with van der Waals surface area (Å²) in [6.45, 7) is 7.67. The molecule has 212 valence electrons. The number of halogens is 1. The minimum atomic E-state index is -0.524. The van der Waals surface area contributed by atoms with Crippen molar-refractivity contribution in [3.8, 4) is 5.75 Å². The van der Waals surface area contributed by atoms with Crippen LogP contribution in [0.15, 0.2) is 18.2 Å². The van der Waals surface area contributed by atoms with E-state index >= 15 is 0 Å². The first-order chi connectivity index (χ1) is 18.8. The van der Waals surface area contributed by atoms with Gasteiger partial charge in [-0.3, -0.25) is 14.5 Å².